The van der Waals surface area contributed by atoms with Gasteiger partial charge in [-0.3, -0.25) is 14.2 Å². The minimum Gasteiger partial charge on any atom is -0.338 e. The predicted molar refractivity (Wildman–Crippen MR) is 111 cm³/mol. The van der Waals surface area contributed by atoms with Gasteiger partial charge >= 0.3 is 0 Å². The summed E-state index contributed by atoms with van der Waals surface area (Å²) in [7, 11) is 0. The molecule has 0 saturated carbocycles. The van der Waals surface area contributed by atoms with E-state index in [1.54, 1.807) is 24.1 Å². The maximum Gasteiger partial charge on any atom is 0.256 e. The van der Waals surface area contributed by atoms with Crippen molar-refractivity contribution in [1.29, 1.82) is 0 Å². The Morgan fingerprint density at radius 2 is 1.60 bits per heavy atom. The van der Waals surface area contributed by atoms with Gasteiger partial charge in [0.15, 0.2) is 0 Å². The first-order chi connectivity index (χ1) is 14.6. The third kappa shape index (κ3) is 3.07. The van der Waals surface area contributed by atoms with Crippen molar-refractivity contribution in [3.05, 3.63) is 78.4 Å². The van der Waals surface area contributed by atoms with Gasteiger partial charge in [-0.15, -0.1) is 10.2 Å². The summed E-state index contributed by atoms with van der Waals surface area (Å²) in [6, 6.07) is 17.7. The second-order valence-electron chi connectivity index (χ2n) is 8.05. The van der Waals surface area contributed by atoms with Crippen molar-refractivity contribution in [3.63, 3.8) is 0 Å². The summed E-state index contributed by atoms with van der Waals surface area (Å²) in [5.41, 5.74) is 2.55. The van der Waals surface area contributed by atoms with Gasteiger partial charge in [0.25, 0.3) is 5.91 Å². The van der Waals surface area contributed by atoms with Gasteiger partial charge in [0.05, 0.1) is 17.3 Å². The number of rotatable bonds is 3. The molecule has 3 heterocycles. The van der Waals surface area contributed by atoms with Gasteiger partial charge in [0.1, 0.15) is 12.7 Å². The van der Waals surface area contributed by atoms with Crippen LogP contribution in [0.15, 0.2) is 67.3 Å². The second kappa shape index (κ2) is 7.40. The standard InChI is InChI=1S/C23H23N5O2/c1-16(29)28-12-18-11-26(13-20(18)22(28)17-7-3-2-4-8-17)23(30)19-9-5-6-10-21(19)27-14-24-25-15-27/h2-10,14-15,18,20,22H,11-13H2,1H3/t18-,20-,22-/m1/s1. The van der Waals surface area contributed by atoms with Crippen LogP contribution in [0.25, 0.3) is 5.69 Å². The Bertz CT molecular complexity index is 1070. The quantitative estimate of drug-likeness (QED) is 0.676. The topological polar surface area (TPSA) is 71.3 Å². The second-order valence-corrected chi connectivity index (χ2v) is 8.05. The summed E-state index contributed by atoms with van der Waals surface area (Å²) >= 11 is 0. The smallest absolute Gasteiger partial charge is 0.256 e. The van der Waals surface area contributed by atoms with E-state index >= 15 is 0 Å². The number of amides is 2. The molecule has 0 aliphatic carbocycles. The van der Waals surface area contributed by atoms with Crippen molar-refractivity contribution >= 4 is 11.8 Å². The van der Waals surface area contributed by atoms with E-state index in [4.69, 9.17) is 0 Å². The van der Waals surface area contributed by atoms with Crippen LogP contribution in [0.3, 0.4) is 0 Å². The molecule has 0 bridgehead atoms. The number of carbonyl (C=O) groups excluding carboxylic acids is 2. The molecule has 2 aromatic carbocycles. The first kappa shape index (κ1) is 18.5. The van der Waals surface area contributed by atoms with Crippen LogP contribution in [0, 0.1) is 11.8 Å². The molecule has 2 amide bonds. The Morgan fingerprint density at radius 3 is 2.33 bits per heavy atom. The van der Waals surface area contributed by atoms with Crippen molar-refractivity contribution in [1.82, 2.24) is 24.6 Å². The maximum atomic E-state index is 13.4. The van der Waals surface area contributed by atoms with E-state index in [0.717, 1.165) is 11.3 Å². The Labute approximate surface area is 174 Å². The molecule has 2 saturated heterocycles. The van der Waals surface area contributed by atoms with Crippen molar-refractivity contribution in [2.75, 3.05) is 19.6 Å². The van der Waals surface area contributed by atoms with Crippen LogP contribution in [0.1, 0.15) is 28.9 Å². The summed E-state index contributed by atoms with van der Waals surface area (Å²) in [6.45, 7) is 3.63. The van der Waals surface area contributed by atoms with Crippen LogP contribution in [-0.2, 0) is 4.79 Å². The molecule has 7 heteroatoms. The Balaban J connectivity index is 1.43. The number of hydrogen-bond donors (Lipinski definition) is 0. The highest BCUT2D eigenvalue weighted by Gasteiger charge is 2.49. The van der Waals surface area contributed by atoms with E-state index in [9.17, 15) is 9.59 Å². The molecule has 2 fully saturated rings. The summed E-state index contributed by atoms with van der Waals surface area (Å²) in [4.78, 5) is 29.7. The largest absolute Gasteiger partial charge is 0.338 e. The van der Waals surface area contributed by atoms with Crippen LogP contribution < -0.4 is 0 Å². The number of hydrogen-bond acceptors (Lipinski definition) is 4. The lowest BCUT2D eigenvalue weighted by atomic mass is 9.89. The lowest BCUT2D eigenvalue weighted by Crippen LogP contribution is -2.36. The van der Waals surface area contributed by atoms with Crippen LogP contribution in [0.2, 0.25) is 0 Å². The molecule has 1 aromatic heterocycles. The van der Waals surface area contributed by atoms with Gasteiger partial charge in [0, 0.05) is 38.4 Å². The molecule has 0 spiro atoms. The lowest BCUT2D eigenvalue weighted by molar-refractivity contribution is -0.130. The number of benzene rings is 2. The SMILES string of the molecule is CC(=O)N1C[C@H]2CN(C(=O)c3ccccc3-n3cnnc3)C[C@H]2[C@H]1c1ccccc1. The number of para-hydroxylation sites is 1. The average Bonchev–Trinajstić information content (AvgIpc) is 3.50. The van der Waals surface area contributed by atoms with E-state index < -0.39 is 0 Å². The van der Waals surface area contributed by atoms with Gasteiger partial charge in [0.2, 0.25) is 5.91 Å². The number of aromatic nitrogens is 3. The summed E-state index contributed by atoms with van der Waals surface area (Å²) in [5, 5.41) is 7.72. The highest BCUT2D eigenvalue weighted by atomic mass is 16.2. The molecule has 7 nitrogen and oxygen atoms in total. The fourth-order valence-electron chi connectivity index (χ4n) is 4.99. The zero-order chi connectivity index (χ0) is 20.7. The lowest BCUT2D eigenvalue weighted by Gasteiger charge is -2.29. The van der Waals surface area contributed by atoms with Crippen molar-refractivity contribution < 1.29 is 9.59 Å². The van der Waals surface area contributed by atoms with E-state index in [2.05, 4.69) is 22.3 Å². The van der Waals surface area contributed by atoms with Crippen LogP contribution in [0.4, 0.5) is 0 Å². The van der Waals surface area contributed by atoms with Crippen molar-refractivity contribution in [3.8, 4) is 5.69 Å². The van der Waals surface area contributed by atoms with E-state index in [0.29, 0.717) is 25.2 Å². The Hall–Kier alpha value is -3.48. The van der Waals surface area contributed by atoms with Gasteiger partial charge in [-0.25, -0.2) is 0 Å². The Morgan fingerprint density at radius 1 is 0.900 bits per heavy atom. The molecule has 3 aromatic rings. The molecular weight excluding hydrogens is 378 g/mol. The third-order valence-electron chi connectivity index (χ3n) is 6.33. The van der Waals surface area contributed by atoms with Gasteiger partial charge < -0.3 is 9.80 Å². The fraction of sp³-hybridized carbons (Fsp3) is 0.304. The van der Waals surface area contributed by atoms with E-state index in [-0.39, 0.29) is 29.7 Å². The first-order valence-electron chi connectivity index (χ1n) is 10.2. The van der Waals surface area contributed by atoms with Crippen LogP contribution in [-0.4, -0.2) is 56.0 Å². The number of likely N-dealkylation sites (tertiary alicyclic amines) is 2. The number of nitrogens with zero attached hydrogens (tertiary/aromatic N) is 5. The number of carbonyl (C=O) groups is 2. The van der Waals surface area contributed by atoms with E-state index in [1.807, 2.05) is 52.3 Å². The van der Waals surface area contributed by atoms with Crippen molar-refractivity contribution in [2.24, 2.45) is 11.8 Å². The minimum absolute atomic E-state index is 0.00915. The fourth-order valence-corrected chi connectivity index (χ4v) is 4.99. The normalized spacial score (nSPS) is 22.9. The number of fused-ring (bicyclic) bond motifs is 1. The zero-order valence-electron chi connectivity index (χ0n) is 16.8. The van der Waals surface area contributed by atoms with Gasteiger partial charge in [-0.05, 0) is 17.7 Å². The van der Waals surface area contributed by atoms with Gasteiger partial charge in [-0.2, -0.15) is 0 Å². The Kier molecular flexibility index (Phi) is 4.58. The third-order valence-corrected chi connectivity index (χ3v) is 6.33. The monoisotopic (exact) mass is 401 g/mol. The van der Waals surface area contributed by atoms with Crippen molar-refractivity contribution in [2.45, 2.75) is 13.0 Å². The summed E-state index contributed by atoms with van der Waals surface area (Å²) in [6.07, 6.45) is 3.20. The molecule has 152 valence electrons. The molecule has 0 unspecified atom stereocenters. The van der Waals surface area contributed by atoms with Crippen LogP contribution in [0.5, 0.6) is 0 Å². The molecule has 30 heavy (non-hydrogen) atoms. The highest BCUT2D eigenvalue weighted by molar-refractivity contribution is 5.98. The minimum atomic E-state index is 0.00915. The molecule has 2 aliphatic heterocycles. The molecule has 5 rings (SSSR count). The van der Waals surface area contributed by atoms with E-state index in [1.165, 1.54) is 0 Å². The van der Waals surface area contributed by atoms with Crippen LogP contribution >= 0.6 is 0 Å². The summed E-state index contributed by atoms with van der Waals surface area (Å²) in [5.74, 6) is 0.622. The first-order valence-corrected chi connectivity index (χ1v) is 10.2. The highest BCUT2D eigenvalue weighted by Crippen LogP contribution is 2.45. The molecular formula is C23H23N5O2. The predicted octanol–water partition coefficient (Wildman–Crippen LogP) is 2.56. The molecule has 2 aliphatic rings. The maximum absolute atomic E-state index is 13.4. The zero-order valence-corrected chi connectivity index (χ0v) is 16.8. The average molecular weight is 401 g/mol. The summed E-state index contributed by atoms with van der Waals surface area (Å²) < 4.78 is 1.76. The molecule has 3 atom stereocenters. The molecule has 0 radical (unpaired) electrons. The van der Waals surface area contributed by atoms with Gasteiger partial charge in [-0.1, -0.05) is 42.5 Å². The molecule has 0 N–H and O–H groups in total.